The summed E-state index contributed by atoms with van der Waals surface area (Å²) in [5.74, 6) is 0.870. The third-order valence-corrected chi connectivity index (χ3v) is 3.29. The SMILES string of the molecule is CCNC(COc1cc(Cl)ccc1C)C(C)(C)C. The summed E-state index contributed by atoms with van der Waals surface area (Å²) in [5, 5.41) is 4.18. The van der Waals surface area contributed by atoms with Crippen molar-refractivity contribution < 1.29 is 4.74 Å². The van der Waals surface area contributed by atoms with Crippen LogP contribution in [0, 0.1) is 12.3 Å². The summed E-state index contributed by atoms with van der Waals surface area (Å²) in [5.41, 5.74) is 1.28. The fourth-order valence-electron chi connectivity index (χ4n) is 1.76. The minimum Gasteiger partial charge on any atom is -0.492 e. The van der Waals surface area contributed by atoms with Gasteiger partial charge in [-0.15, -0.1) is 0 Å². The van der Waals surface area contributed by atoms with Crippen molar-refractivity contribution in [3.63, 3.8) is 0 Å². The molecule has 0 aromatic heterocycles. The van der Waals surface area contributed by atoms with Crippen LogP contribution in [0.15, 0.2) is 18.2 Å². The molecule has 0 radical (unpaired) electrons. The number of hydrogen-bond donors (Lipinski definition) is 1. The topological polar surface area (TPSA) is 21.3 Å². The third-order valence-electron chi connectivity index (χ3n) is 3.05. The first-order valence-electron chi connectivity index (χ1n) is 6.47. The average molecular weight is 270 g/mol. The number of ether oxygens (including phenoxy) is 1. The molecule has 1 aromatic rings. The van der Waals surface area contributed by atoms with Crippen LogP contribution in [0.3, 0.4) is 0 Å². The molecular weight excluding hydrogens is 246 g/mol. The Morgan fingerprint density at radius 2 is 2.00 bits per heavy atom. The van der Waals surface area contributed by atoms with E-state index >= 15 is 0 Å². The first-order valence-corrected chi connectivity index (χ1v) is 6.84. The van der Waals surface area contributed by atoms with Crippen molar-refractivity contribution in [2.75, 3.05) is 13.2 Å². The molecule has 1 rings (SSSR count). The van der Waals surface area contributed by atoms with Gasteiger partial charge >= 0.3 is 0 Å². The highest BCUT2D eigenvalue weighted by Crippen LogP contribution is 2.25. The first kappa shape index (κ1) is 15.3. The average Bonchev–Trinajstić information content (AvgIpc) is 2.27. The highest BCUT2D eigenvalue weighted by atomic mass is 35.5. The summed E-state index contributed by atoms with van der Waals surface area (Å²) < 4.78 is 5.91. The molecule has 0 aliphatic heterocycles. The number of nitrogens with one attached hydrogen (secondary N) is 1. The van der Waals surface area contributed by atoms with Crippen molar-refractivity contribution >= 4 is 11.6 Å². The minimum absolute atomic E-state index is 0.169. The van der Waals surface area contributed by atoms with E-state index in [-0.39, 0.29) is 5.41 Å². The maximum Gasteiger partial charge on any atom is 0.123 e. The van der Waals surface area contributed by atoms with E-state index in [2.05, 4.69) is 33.0 Å². The zero-order chi connectivity index (χ0) is 13.8. The lowest BCUT2D eigenvalue weighted by molar-refractivity contribution is 0.175. The molecule has 0 saturated carbocycles. The van der Waals surface area contributed by atoms with E-state index in [1.165, 1.54) is 0 Å². The standard InChI is InChI=1S/C15H24ClNO/c1-6-17-14(15(3,4)5)10-18-13-9-12(16)8-7-11(13)2/h7-9,14,17H,6,10H2,1-5H3. The van der Waals surface area contributed by atoms with Crippen molar-refractivity contribution in [3.05, 3.63) is 28.8 Å². The first-order chi connectivity index (χ1) is 8.34. The van der Waals surface area contributed by atoms with Crippen LogP contribution in [0.4, 0.5) is 0 Å². The molecule has 0 spiro atoms. The second-order valence-electron chi connectivity index (χ2n) is 5.70. The molecule has 3 heteroatoms. The molecule has 0 bridgehead atoms. The van der Waals surface area contributed by atoms with Crippen LogP contribution >= 0.6 is 11.6 Å². The quantitative estimate of drug-likeness (QED) is 0.871. The van der Waals surface area contributed by atoms with Crippen molar-refractivity contribution in [3.8, 4) is 5.75 Å². The molecule has 0 saturated heterocycles. The highest BCUT2D eigenvalue weighted by molar-refractivity contribution is 6.30. The van der Waals surface area contributed by atoms with Gasteiger partial charge in [0.15, 0.2) is 0 Å². The Balaban J connectivity index is 2.70. The molecular formula is C15H24ClNO. The Kier molecular flexibility index (Phi) is 5.48. The lowest BCUT2D eigenvalue weighted by Gasteiger charge is -2.31. The van der Waals surface area contributed by atoms with Crippen molar-refractivity contribution in [2.45, 2.75) is 40.7 Å². The molecule has 2 nitrogen and oxygen atoms in total. The number of halogens is 1. The molecule has 1 unspecified atom stereocenters. The van der Waals surface area contributed by atoms with Crippen LogP contribution in [0.2, 0.25) is 5.02 Å². The van der Waals surface area contributed by atoms with Gasteiger partial charge in [0.05, 0.1) is 0 Å². The smallest absolute Gasteiger partial charge is 0.123 e. The van der Waals surface area contributed by atoms with E-state index in [0.717, 1.165) is 17.9 Å². The molecule has 0 aliphatic carbocycles. The number of likely N-dealkylation sites (N-methyl/N-ethyl adjacent to an activating group) is 1. The predicted octanol–water partition coefficient (Wildman–Crippen LogP) is 4.05. The summed E-state index contributed by atoms with van der Waals surface area (Å²) in [6, 6.07) is 6.07. The summed E-state index contributed by atoms with van der Waals surface area (Å²) in [4.78, 5) is 0. The van der Waals surface area contributed by atoms with E-state index < -0.39 is 0 Å². The Morgan fingerprint density at radius 3 is 2.56 bits per heavy atom. The highest BCUT2D eigenvalue weighted by Gasteiger charge is 2.24. The van der Waals surface area contributed by atoms with Gasteiger partial charge in [-0.1, -0.05) is 45.4 Å². The molecule has 1 N–H and O–H groups in total. The van der Waals surface area contributed by atoms with E-state index in [4.69, 9.17) is 16.3 Å². The number of hydrogen-bond acceptors (Lipinski definition) is 2. The molecule has 18 heavy (non-hydrogen) atoms. The molecule has 0 aliphatic rings. The Labute approximate surface area is 116 Å². The van der Waals surface area contributed by atoms with Gasteiger partial charge < -0.3 is 10.1 Å². The van der Waals surface area contributed by atoms with Crippen LogP contribution in [0.25, 0.3) is 0 Å². The zero-order valence-electron chi connectivity index (χ0n) is 12.0. The monoisotopic (exact) mass is 269 g/mol. The van der Waals surface area contributed by atoms with E-state index in [0.29, 0.717) is 17.7 Å². The van der Waals surface area contributed by atoms with Gasteiger partial charge in [0.2, 0.25) is 0 Å². The lowest BCUT2D eigenvalue weighted by Crippen LogP contribution is -2.44. The van der Waals surface area contributed by atoms with Crippen LogP contribution in [0.1, 0.15) is 33.3 Å². The predicted molar refractivity (Wildman–Crippen MR) is 78.6 cm³/mol. The Morgan fingerprint density at radius 1 is 1.33 bits per heavy atom. The van der Waals surface area contributed by atoms with Gasteiger partial charge in [0.25, 0.3) is 0 Å². The van der Waals surface area contributed by atoms with Crippen LogP contribution in [-0.4, -0.2) is 19.2 Å². The fraction of sp³-hybridized carbons (Fsp3) is 0.600. The summed E-state index contributed by atoms with van der Waals surface area (Å²) >= 11 is 5.99. The lowest BCUT2D eigenvalue weighted by atomic mass is 9.87. The van der Waals surface area contributed by atoms with E-state index in [1.807, 2.05) is 25.1 Å². The molecule has 102 valence electrons. The summed E-state index contributed by atoms with van der Waals surface area (Å²) in [7, 11) is 0. The van der Waals surface area contributed by atoms with Gasteiger partial charge in [0.1, 0.15) is 12.4 Å². The van der Waals surface area contributed by atoms with Gasteiger partial charge in [-0.2, -0.15) is 0 Å². The maximum atomic E-state index is 5.99. The van der Waals surface area contributed by atoms with Crippen molar-refractivity contribution in [1.29, 1.82) is 0 Å². The normalized spacial score (nSPS) is 13.4. The summed E-state index contributed by atoms with van der Waals surface area (Å²) in [6.45, 7) is 12.4. The third kappa shape index (κ3) is 4.51. The maximum absolute atomic E-state index is 5.99. The molecule has 0 fully saturated rings. The number of rotatable bonds is 5. The largest absolute Gasteiger partial charge is 0.492 e. The number of aryl methyl sites for hydroxylation is 1. The molecule has 0 amide bonds. The second-order valence-corrected chi connectivity index (χ2v) is 6.13. The van der Waals surface area contributed by atoms with Crippen LogP contribution in [0.5, 0.6) is 5.75 Å². The number of benzene rings is 1. The Hall–Kier alpha value is -0.730. The summed E-state index contributed by atoms with van der Waals surface area (Å²) in [6.07, 6.45) is 0. The van der Waals surface area contributed by atoms with Gasteiger partial charge in [-0.05, 0) is 36.6 Å². The second kappa shape index (κ2) is 6.44. The van der Waals surface area contributed by atoms with Crippen molar-refractivity contribution in [1.82, 2.24) is 5.32 Å². The minimum atomic E-state index is 0.169. The van der Waals surface area contributed by atoms with Gasteiger partial charge in [-0.25, -0.2) is 0 Å². The van der Waals surface area contributed by atoms with E-state index in [9.17, 15) is 0 Å². The molecule has 1 atom stereocenters. The van der Waals surface area contributed by atoms with Gasteiger partial charge in [-0.3, -0.25) is 0 Å². The Bertz CT molecular complexity index is 385. The van der Waals surface area contributed by atoms with Crippen LogP contribution in [-0.2, 0) is 0 Å². The van der Waals surface area contributed by atoms with E-state index in [1.54, 1.807) is 0 Å². The molecule has 0 heterocycles. The van der Waals surface area contributed by atoms with Crippen molar-refractivity contribution in [2.24, 2.45) is 5.41 Å². The zero-order valence-corrected chi connectivity index (χ0v) is 12.8. The van der Waals surface area contributed by atoms with Crippen LogP contribution < -0.4 is 10.1 Å². The molecule has 1 aromatic carbocycles. The van der Waals surface area contributed by atoms with Gasteiger partial charge in [0, 0.05) is 11.1 Å². The fourth-order valence-corrected chi connectivity index (χ4v) is 1.93.